The fourth-order valence-electron chi connectivity index (χ4n) is 1.07. The van der Waals surface area contributed by atoms with Crippen LogP contribution in [0.1, 0.15) is 0 Å². The van der Waals surface area contributed by atoms with Gasteiger partial charge in [-0.15, -0.1) is 0 Å². The summed E-state index contributed by atoms with van der Waals surface area (Å²) in [5.41, 5.74) is 0.729. The van der Waals surface area contributed by atoms with Crippen molar-refractivity contribution in [3.05, 3.63) is 34.4 Å². The number of nitro groups is 1. The van der Waals surface area contributed by atoms with E-state index < -0.39 is 15.7 Å². The van der Waals surface area contributed by atoms with Crippen molar-refractivity contribution in [2.24, 2.45) is 0 Å². The zero-order valence-corrected chi connectivity index (χ0v) is 9.12. The maximum Gasteiger partial charge on any atom is 0.271 e. The van der Waals surface area contributed by atoms with E-state index in [1.807, 2.05) is 0 Å². The molecule has 0 saturated heterocycles. The van der Waals surface area contributed by atoms with Crippen LogP contribution in [0.2, 0.25) is 0 Å². The average Bonchev–Trinajstić information content (AvgIpc) is 2.17. The Balaban J connectivity index is 2.58. The first kappa shape index (κ1) is 11.6. The Kier molecular flexibility index (Phi) is 4.23. The summed E-state index contributed by atoms with van der Waals surface area (Å²) in [4.78, 5) is 10.0. The number of benzene rings is 1. The van der Waals surface area contributed by atoms with Crippen LogP contribution in [-0.4, -0.2) is 27.7 Å². The van der Waals surface area contributed by atoms with Gasteiger partial charge in [-0.05, 0) is 6.07 Å². The highest BCUT2D eigenvalue weighted by molar-refractivity contribution is 7.84. The van der Waals surface area contributed by atoms with Gasteiger partial charge in [0.25, 0.3) is 5.69 Å². The molecule has 1 aromatic carbocycles. The number of hydrogen-bond donors (Lipinski definition) is 1. The Morgan fingerprint density at radius 2 is 2.27 bits per heavy atom. The minimum atomic E-state index is -0.850. The number of anilines is 1. The third kappa shape index (κ3) is 4.07. The molecule has 0 saturated carbocycles. The lowest BCUT2D eigenvalue weighted by atomic mass is 10.3. The Hall–Kier alpha value is -1.43. The van der Waals surface area contributed by atoms with Gasteiger partial charge in [-0.25, -0.2) is 0 Å². The molecule has 0 radical (unpaired) electrons. The molecule has 1 unspecified atom stereocenters. The van der Waals surface area contributed by atoms with Crippen LogP contribution in [0, 0.1) is 10.1 Å². The fraction of sp³-hybridized carbons (Fsp3) is 0.333. The van der Waals surface area contributed by atoms with Crippen LogP contribution < -0.4 is 5.32 Å². The summed E-state index contributed by atoms with van der Waals surface area (Å²) in [6.45, 7) is 0.546. The van der Waals surface area contributed by atoms with Crippen LogP contribution in [-0.2, 0) is 10.8 Å². The molecule has 0 aliphatic heterocycles. The van der Waals surface area contributed by atoms with Gasteiger partial charge in [0.1, 0.15) is 0 Å². The van der Waals surface area contributed by atoms with Gasteiger partial charge in [-0.1, -0.05) is 6.07 Å². The lowest BCUT2D eigenvalue weighted by molar-refractivity contribution is -0.384. The van der Waals surface area contributed by atoms with E-state index in [-0.39, 0.29) is 5.69 Å². The fourth-order valence-corrected chi connectivity index (χ4v) is 1.46. The van der Waals surface area contributed by atoms with Gasteiger partial charge in [0.05, 0.1) is 4.92 Å². The Labute approximate surface area is 90.1 Å². The van der Waals surface area contributed by atoms with E-state index in [1.54, 1.807) is 18.4 Å². The Bertz CT molecular complexity index is 381. The normalized spacial score (nSPS) is 12.1. The molecule has 0 amide bonds. The third-order valence-corrected chi connectivity index (χ3v) is 2.55. The molecule has 0 bridgehead atoms. The molecule has 0 fully saturated rings. The number of nitro benzene ring substituents is 1. The standard InChI is InChI=1S/C9H12N2O3S/c1-15(14)6-5-10-8-3-2-4-9(7-8)11(12)13/h2-4,7,10H,5-6H2,1H3. The molecule has 0 aliphatic carbocycles. The minimum Gasteiger partial charge on any atom is -0.384 e. The molecule has 0 aromatic heterocycles. The second-order valence-electron chi connectivity index (χ2n) is 3.01. The van der Waals surface area contributed by atoms with Gasteiger partial charge in [-0.3, -0.25) is 14.3 Å². The molecule has 5 nitrogen and oxygen atoms in total. The third-order valence-electron chi connectivity index (χ3n) is 1.78. The maximum atomic E-state index is 10.8. The second kappa shape index (κ2) is 5.45. The van der Waals surface area contributed by atoms with E-state index in [9.17, 15) is 14.3 Å². The molecule has 0 heterocycles. The molecule has 1 rings (SSSR count). The van der Waals surface area contributed by atoms with Crippen LogP contribution in [0.3, 0.4) is 0 Å². The van der Waals surface area contributed by atoms with Crippen LogP contribution in [0.25, 0.3) is 0 Å². The zero-order valence-electron chi connectivity index (χ0n) is 8.30. The van der Waals surface area contributed by atoms with Crippen molar-refractivity contribution in [2.45, 2.75) is 0 Å². The Morgan fingerprint density at radius 3 is 2.87 bits per heavy atom. The van der Waals surface area contributed by atoms with Crippen molar-refractivity contribution >= 4 is 22.2 Å². The monoisotopic (exact) mass is 228 g/mol. The van der Waals surface area contributed by atoms with Gasteiger partial charge in [-0.2, -0.15) is 0 Å². The number of rotatable bonds is 5. The van der Waals surface area contributed by atoms with Crippen molar-refractivity contribution < 1.29 is 9.13 Å². The van der Waals surface area contributed by atoms with E-state index in [1.165, 1.54) is 12.1 Å². The van der Waals surface area contributed by atoms with E-state index in [0.29, 0.717) is 18.0 Å². The molecule has 1 aromatic rings. The average molecular weight is 228 g/mol. The zero-order chi connectivity index (χ0) is 11.3. The first-order chi connectivity index (χ1) is 7.09. The van der Waals surface area contributed by atoms with Crippen molar-refractivity contribution in [2.75, 3.05) is 23.9 Å². The first-order valence-corrected chi connectivity index (χ1v) is 6.10. The number of nitrogens with one attached hydrogen (secondary N) is 1. The minimum absolute atomic E-state index is 0.0534. The van der Waals surface area contributed by atoms with Crippen molar-refractivity contribution in [1.29, 1.82) is 0 Å². The SMILES string of the molecule is CS(=O)CCNc1cccc([N+](=O)[O-])c1. The van der Waals surface area contributed by atoms with Crippen LogP contribution in [0.4, 0.5) is 11.4 Å². The molecule has 6 heteroatoms. The van der Waals surface area contributed by atoms with Crippen LogP contribution in [0.15, 0.2) is 24.3 Å². The van der Waals surface area contributed by atoms with Gasteiger partial charge < -0.3 is 5.32 Å². The molecule has 1 N–H and O–H groups in total. The van der Waals surface area contributed by atoms with E-state index in [0.717, 1.165) is 0 Å². The highest BCUT2D eigenvalue weighted by atomic mass is 32.2. The van der Waals surface area contributed by atoms with Gasteiger partial charge in [0, 0.05) is 47.2 Å². The summed E-state index contributed by atoms with van der Waals surface area (Å²) in [7, 11) is -0.850. The van der Waals surface area contributed by atoms with E-state index >= 15 is 0 Å². The van der Waals surface area contributed by atoms with E-state index in [2.05, 4.69) is 5.32 Å². The molecule has 15 heavy (non-hydrogen) atoms. The smallest absolute Gasteiger partial charge is 0.271 e. The summed E-state index contributed by atoms with van der Waals surface area (Å²) < 4.78 is 10.8. The van der Waals surface area contributed by atoms with Crippen molar-refractivity contribution in [1.82, 2.24) is 0 Å². The van der Waals surface area contributed by atoms with Gasteiger partial charge >= 0.3 is 0 Å². The summed E-state index contributed by atoms with van der Waals surface area (Å²) in [6.07, 6.45) is 1.62. The molecule has 1 atom stereocenters. The van der Waals surface area contributed by atoms with Crippen molar-refractivity contribution in [3.8, 4) is 0 Å². The van der Waals surface area contributed by atoms with Crippen molar-refractivity contribution in [3.63, 3.8) is 0 Å². The summed E-state index contributed by atoms with van der Waals surface area (Å²) >= 11 is 0. The Morgan fingerprint density at radius 1 is 1.53 bits per heavy atom. The van der Waals surface area contributed by atoms with E-state index in [4.69, 9.17) is 0 Å². The molecular formula is C9H12N2O3S. The topological polar surface area (TPSA) is 72.2 Å². The number of non-ortho nitro benzene ring substituents is 1. The summed E-state index contributed by atoms with van der Waals surface area (Å²) in [6, 6.07) is 6.25. The predicted octanol–water partition coefficient (Wildman–Crippen LogP) is 1.39. The van der Waals surface area contributed by atoms with Crippen LogP contribution >= 0.6 is 0 Å². The number of hydrogen-bond acceptors (Lipinski definition) is 4. The predicted molar refractivity (Wildman–Crippen MR) is 60.5 cm³/mol. The molecular weight excluding hydrogens is 216 g/mol. The largest absolute Gasteiger partial charge is 0.384 e. The highest BCUT2D eigenvalue weighted by Gasteiger charge is 2.04. The second-order valence-corrected chi connectivity index (χ2v) is 4.57. The number of nitrogens with zero attached hydrogens (tertiary/aromatic N) is 1. The van der Waals surface area contributed by atoms with Gasteiger partial charge in [0.15, 0.2) is 0 Å². The lowest BCUT2D eigenvalue weighted by Gasteiger charge is -2.04. The summed E-state index contributed by atoms with van der Waals surface area (Å²) in [5, 5.41) is 13.4. The highest BCUT2D eigenvalue weighted by Crippen LogP contribution is 2.16. The van der Waals surface area contributed by atoms with Crippen LogP contribution in [0.5, 0.6) is 0 Å². The molecule has 82 valence electrons. The first-order valence-electron chi connectivity index (χ1n) is 4.38. The maximum absolute atomic E-state index is 10.8. The quantitative estimate of drug-likeness (QED) is 0.610. The summed E-state index contributed by atoms with van der Waals surface area (Å²) in [5.74, 6) is 0.530. The molecule has 0 spiro atoms. The molecule has 0 aliphatic rings. The van der Waals surface area contributed by atoms with Gasteiger partial charge in [0.2, 0.25) is 0 Å². The lowest BCUT2D eigenvalue weighted by Crippen LogP contribution is -2.09.